The van der Waals surface area contributed by atoms with Crippen LogP contribution in [0.4, 0.5) is 11.5 Å². The summed E-state index contributed by atoms with van der Waals surface area (Å²) in [5.74, 6) is -0.347. The molecule has 25 heavy (non-hydrogen) atoms. The highest BCUT2D eigenvalue weighted by molar-refractivity contribution is 6.07. The Kier molecular flexibility index (Phi) is 6.10. The van der Waals surface area contributed by atoms with E-state index in [0.29, 0.717) is 25.1 Å². The lowest BCUT2D eigenvalue weighted by Gasteiger charge is -2.24. The summed E-state index contributed by atoms with van der Waals surface area (Å²) < 4.78 is 1.31. The Bertz CT molecular complexity index is 842. The summed E-state index contributed by atoms with van der Waals surface area (Å²) >= 11 is 0. The summed E-state index contributed by atoms with van der Waals surface area (Å²) in [4.78, 5) is 44.8. The molecule has 0 unspecified atom stereocenters. The monoisotopic (exact) mass is 345 g/mol. The van der Waals surface area contributed by atoms with Gasteiger partial charge in [0.2, 0.25) is 0 Å². The van der Waals surface area contributed by atoms with Gasteiger partial charge in [-0.3, -0.25) is 24.1 Å². The van der Waals surface area contributed by atoms with Crippen LogP contribution in [0.25, 0.3) is 0 Å². The summed E-state index contributed by atoms with van der Waals surface area (Å²) in [5.41, 5.74) is 5.30. The Labute approximate surface area is 145 Å². The van der Waals surface area contributed by atoms with Crippen LogP contribution in [0, 0.1) is 0 Å². The summed E-state index contributed by atoms with van der Waals surface area (Å²) in [5, 5.41) is 0. The van der Waals surface area contributed by atoms with Gasteiger partial charge < -0.3 is 10.6 Å². The van der Waals surface area contributed by atoms with Crippen LogP contribution in [0.3, 0.4) is 0 Å². The number of carbonyl (C=O) groups is 1. The summed E-state index contributed by atoms with van der Waals surface area (Å²) in [7, 11) is 0. The number of nitrogen functional groups attached to an aromatic ring is 1. The van der Waals surface area contributed by atoms with E-state index in [2.05, 4.69) is 9.97 Å². The molecule has 2 aromatic heterocycles. The minimum atomic E-state index is -0.661. The van der Waals surface area contributed by atoms with Crippen LogP contribution < -0.4 is 21.9 Å². The molecule has 0 aromatic carbocycles. The van der Waals surface area contributed by atoms with Gasteiger partial charge in [-0.05, 0) is 25.0 Å². The third-order valence-corrected chi connectivity index (χ3v) is 3.84. The molecular formula is C17H23N5O3. The molecule has 0 saturated carbocycles. The molecule has 0 bridgehead atoms. The van der Waals surface area contributed by atoms with Crippen LogP contribution >= 0.6 is 0 Å². The third kappa shape index (κ3) is 3.96. The van der Waals surface area contributed by atoms with Crippen molar-refractivity contribution >= 4 is 17.4 Å². The molecule has 0 fully saturated rings. The molecular weight excluding hydrogens is 322 g/mol. The average Bonchev–Trinajstić information content (AvgIpc) is 2.60. The number of unbranched alkanes of at least 4 members (excludes halogenated alkanes) is 1. The van der Waals surface area contributed by atoms with E-state index in [-0.39, 0.29) is 17.4 Å². The van der Waals surface area contributed by atoms with E-state index in [9.17, 15) is 14.4 Å². The number of carbonyl (C=O) groups excluding carboxylic acids is 1. The maximum absolute atomic E-state index is 12.9. The van der Waals surface area contributed by atoms with Crippen LogP contribution in [-0.2, 0) is 6.54 Å². The van der Waals surface area contributed by atoms with Crippen LogP contribution in [0.1, 0.15) is 43.5 Å². The number of nitrogens with zero attached hydrogens (tertiary/aromatic N) is 3. The van der Waals surface area contributed by atoms with Crippen molar-refractivity contribution in [2.24, 2.45) is 0 Å². The summed E-state index contributed by atoms with van der Waals surface area (Å²) in [6, 6.07) is 3.14. The van der Waals surface area contributed by atoms with Crippen molar-refractivity contribution in [3.8, 4) is 0 Å². The number of anilines is 2. The van der Waals surface area contributed by atoms with Crippen molar-refractivity contribution < 1.29 is 4.79 Å². The molecule has 2 rings (SSSR count). The Morgan fingerprint density at radius 3 is 2.52 bits per heavy atom. The van der Waals surface area contributed by atoms with E-state index < -0.39 is 11.2 Å². The van der Waals surface area contributed by atoms with E-state index in [1.807, 2.05) is 13.8 Å². The van der Waals surface area contributed by atoms with Gasteiger partial charge >= 0.3 is 5.69 Å². The van der Waals surface area contributed by atoms with Gasteiger partial charge in [0, 0.05) is 31.0 Å². The highest BCUT2D eigenvalue weighted by Gasteiger charge is 2.24. The second kappa shape index (κ2) is 8.27. The Morgan fingerprint density at radius 1 is 1.24 bits per heavy atom. The van der Waals surface area contributed by atoms with E-state index in [1.165, 1.54) is 21.9 Å². The Hall–Kier alpha value is -2.90. The predicted octanol–water partition coefficient (Wildman–Crippen LogP) is 1.37. The molecule has 1 amide bonds. The van der Waals surface area contributed by atoms with Gasteiger partial charge in [-0.15, -0.1) is 0 Å². The molecule has 0 aliphatic heterocycles. The fraction of sp³-hybridized carbons (Fsp3) is 0.412. The lowest BCUT2D eigenvalue weighted by atomic mass is 10.2. The van der Waals surface area contributed by atoms with E-state index in [1.54, 1.807) is 12.1 Å². The SMILES string of the molecule is CCCCn1c(N)c(N(CCC)C(=O)c2ccncc2)c(=O)[nH]c1=O. The molecule has 0 aliphatic carbocycles. The molecule has 0 aliphatic rings. The largest absolute Gasteiger partial charge is 0.383 e. The first-order valence-corrected chi connectivity index (χ1v) is 8.35. The second-order valence-corrected chi connectivity index (χ2v) is 5.69. The molecule has 8 nitrogen and oxygen atoms in total. The molecule has 0 atom stereocenters. The van der Waals surface area contributed by atoms with Gasteiger partial charge in [0.1, 0.15) is 5.82 Å². The van der Waals surface area contributed by atoms with Gasteiger partial charge in [-0.25, -0.2) is 4.79 Å². The zero-order valence-corrected chi connectivity index (χ0v) is 14.5. The van der Waals surface area contributed by atoms with Crippen molar-refractivity contribution in [2.45, 2.75) is 39.7 Å². The van der Waals surface area contributed by atoms with Gasteiger partial charge in [-0.1, -0.05) is 20.3 Å². The topological polar surface area (TPSA) is 114 Å². The van der Waals surface area contributed by atoms with E-state index in [4.69, 9.17) is 5.73 Å². The maximum atomic E-state index is 12.9. The Morgan fingerprint density at radius 2 is 1.92 bits per heavy atom. The van der Waals surface area contributed by atoms with Crippen LogP contribution in [0.15, 0.2) is 34.1 Å². The van der Waals surface area contributed by atoms with Gasteiger partial charge in [0.15, 0.2) is 5.69 Å². The quantitative estimate of drug-likeness (QED) is 0.786. The number of amides is 1. The summed E-state index contributed by atoms with van der Waals surface area (Å²) in [6.07, 6.45) is 5.25. The van der Waals surface area contributed by atoms with Gasteiger partial charge in [0.25, 0.3) is 11.5 Å². The van der Waals surface area contributed by atoms with Crippen molar-refractivity contribution in [3.05, 3.63) is 50.9 Å². The molecule has 0 spiro atoms. The van der Waals surface area contributed by atoms with E-state index in [0.717, 1.165) is 12.8 Å². The first-order valence-electron chi connectivity index (χ1n) is 8.35. The van der Waals surface area contributed by atoms with Gasteiger partial charge in [0.05, 0.1) is 0 Å². The molecule has 134 valence electrons. The minimum Gasteiger partial charge on any atom is -0.383 e. The van der Waals surface area contributed by atoms with Crippen LogP contribution in [-0.4, -0.2) is 27.0 Å². The van der Waals surface area contributed by atoms with Crippen molar-refractivity contribution in [2.75, 3.05) is 17.2 Å². The fourth-order valence-electron chi connectivity index (χ4n) is 2.57. The summed E-state index contributed by atoms with van der Waals surface area (Å²) in [6.45, 7) is 4.57. The maximum Gasteiger partial charge on any atom is 0.330 e. The molecule has 0 radical (unpaired) electrons. The number of aromatic amines is 1. The normalized spacial score (nSPS) is 10.6. The lowest BCUT2D eigenvalue weighted by Crippen LogP contribution is -2.41. The standard InChI is InChI=1S/C17H23N5O3/c1-3-5-11-22-14(18)13(15(23)20-17(22)25)21(10-4-2)16(24)12-6-8-19-9-7-12/h6-9H,3-5,10-11,18H2,1-2H3,(H,20,23,25). The van der Waals surface area contributed by atoms with Crippen molar-refractivity contribution in [3.63, 3.8) is 0 Å². The Balaban J connectivity index is 2.56. The number of H-pyrrole nitrogens is 1. The molecule has 3 N–H and O–H groups in total. The number of hydrogen-bond donors (Lipinski definition) is 2. The number of aromatic nitrogens is 3. The number of nitrogens with one attached hydrogen (secondary N) is 1. The fourth-order valence-corrected chi connectivity index (χ4v) is 2.57. The van der Waals surface area contributed by atoms with Crippen LogP contribution in [0.2, 0.25) is 0 Å². The van der Waals surface area contributed by atoms with Crippen LogP contribution in [0.5, 0.6) is 0 Å². The first kappa shape index (κ1) is 18.4. The molecule has 2 aromatic rings. The number of pyridine rings is 1. The number of nitrogens with two attached hydrogens (primary N) is 1. The third-order valence-electron chi connectivity index (χ3n) is 3.84. The molecule has 2 heterocycles. The van der Waals surface area contributed by atoms with E-state index >= 15 is 0 Å². The number of rotatable bonds is 7. The van der Waals surface area contributed by atoms with Crippen molar-refractivity contribution in [1.29, 1.82) is 0 Å². The zero-order valence-electron chi connectivity index (χ0n) is 14.5. The predicted molar refractivity (Wildman–Crippen MR) is 96.8 cm³/mol. The smallest absolute Gasteiger partial charge is 0.330 e. The highest BCUT2D eigenvalue weighted by Crippen LogP contribution is 2.20. The highest BCUT2D eigenvalue weighted by atomic mass is 16.2. The number of hydrogen-bond acceptors (Lipinski definition) is 5. The first-order chi connectivity index (χ1) is 12.0. The average molecular weight is 345 g/mol. The van der Waals surface area contributed by atoms with Gasteiger partial charge in [-0.2, -0.15) is 0 Å². The molecule has 0 saturated heterocycles. The minimum absolute atomic E-state index is 0.0121. The zero-order chi connectivity index (χ0) is 18.4. The molecule has 8 heteroatoms. The lowest BCUT2D eigenvalue weighted by molar-refractivity contribution is 0.0986. The second-order valence-electron chi connectivity index (χ2n) is 5.69. The van der Waals surface area contributed by atoms with Crippen molar-refractivity contribution in [1.82, 2.24) is 14.5 Å².